The molecule has 240 valence electrons. The molecule has 42 heavy (non-hydrogen) atoms. The van der Waals surface area contributed by atoms with E-state index in [1.54, 1.807) is 47.8 Å². The molecule has 2 unspecified atom stereocenters. The zero-order valence-corrected chi connectivity index (χ0v) is 29.1. The lowest BCUT2D eigenvalue weighted by atomic mass is 9.97. The van der Waals surface area contributed by atoms with E-state index in [9.17, 15) is 4.79 Å². The molecule has 1 saturated heterocycles. The van der Waals surface area contributed by atoms with Gasteiger partial charge >= 0.3 is 5.97 Å². The SMILES string of the molecule is COc1ccc(COC(/C(F)=C\[C@@H](C)C(C)O[Si](C)(C)C(C)(C)C)[C@H]2OC(C)(C)O[C@H]2CCOC(=O)C(C)(C)C)cc1. The van der Waals surface area contributed by atoms with E-state index in [1.807, 2.05) is 38.1 Å². The molecular formula is C33H55FO7Si. The Balaban J connectivity index is 2.32. The third-order valence-electron chi connectivity index (χ3n) is 8.08. The van der Waals surface area contributed by atoms with Crippen molar-refractivity contribution in [2.24, 2.45) is 11.3 Å². The fraction of sp³-hybridized carbons (Fsp3) is 0.727. The second kappa shape index (κ2) is 14.3. The maximum atomic E-state index is 16.3. The van der Waals surface area contributed by atoms with Crippen LogP contribution in [0.2, 0.25) is 18.1 Å². The van der Waals surface area contributed by atoms with E-state index < -0.39 is 43.7 Å². The van der Waals surface area contributed by atoms with Crippen LogP contribution in [0.1, 0.15) is 81.2 Å². The van der Waals surface area contributed by atoms with Crippen molar-refractivity contribution in [1.29, 1.82) is 0 Å². The molecule has 0 N–H and O–H groups in total. The third kappa shape index (κ3) is 10.4. The van der Waals surface area contributed by atoms with Gasteiger partial charge < -0.3 is 28.1 Å². The number of ether oxygens (including phenoxy) is 5. The first-order valence-electron chi connectivity index (χ1n) is 15.0. The summed E-state index contributed by atoms with van der Waals surface area (Å²) in [7, 11) is -0.441. The standard InChI is InChI=1S/C33H55FO7Si/c1-22(23(2)41-42(12,13)32(6,7)8)20-26(34)28(38-21-24-14-16-25(36-11)17-15-24)29-27(39-33(9,10)40-29)18-19-37-30(35)31(3,4)5/h14-17,20,22-23,27-29H,18-19,21H2,1-13H3/b26-20+/t22-,23?,27+,28?,29+/m1/s1. The molecule has 1 aromatic carbocycles. The predicted molar refractivity (Wildman–Crippen MR) is 167 cm³/mol. The van der Waals surface area contributed by atoms with E-state index >= 15 is 4.39 Å². The molecule has 5 atom stereocenters. The molecule has 0 aliphatic carbocycles. The van der Waals surface area contributed by atoms with Crippen LogP contribution in [-0.2, 0) is 34.8 Å². The number of methoxy groups -OCH3 is 1. The molecule has 1 heterocycles. The maximum Gasteiger partial charge on any atom is 0.311 e. The molecule has 1 aromatic rings. The summed E-state index contributed by atoms with van der Waals surface area (Å²) in [5.41, 5.74) is 0.245. The zero-order valence-electron chi connectivity index (χ0n) is 28.1. The van der Waals surface area contributed by atoms with Crippen LogP contribution in [0, 0.1) is 11.3 Å². The summed E-state index contributed by atoms with van der Waals surface area (Å²) in [6.45, 7) is 24.2. The molecule has 1 aliphatic heterocycles. The molecule has 9 heteroatoms. The first-order valence-corrected chi connectivity index (χ1v) is 17.9. The predicted octanol–water partition coefficient (Wildman–Crippen LogP) is 7.98. The van der Waals surface area contributed by atoms with Gasteiger partial charge in [0.1, 0.15) is 23.8 Å². The Morgan fingerprint density at radius 2 is 1.67 bits per heavy atom. The van der Waals surface area contributed by atoms with Gasteiger partial charge in [-0.15, -0.1) is 0 Å². The molecule has 2 rings (SSSR count). The summed E-state index contributed by atoms with van der Waals surface area (Å²) >= 11 is 0. The molecule has 0 spiro atoms. The first-order chi connectivity index (χ1) is 19.2. The highest BCUT2D eigenvalue weighted by atomic mass is 28.4. The van der Waals surface area contributed by atoms with Gasteiger partial charge in [-0.1, -0.05) is 39.8 Å². The smallest absolute Gasteiger partial charge is 0.311 e. The van der Waals surface area contributed by atoms with E-state index in [0.717, 1.165) is 11.3 Å². The number of hydrogen-bond acceptors (Lipinski definition) is 7. The number of hydrogen-bond donors (Lipinski definition) is 0. The van der Waals surface area contributed by atoms with Crippen molar-refractivity contribution in [2.75, 3.05) is 13.7 Å². The molecule has 1 aliphatic rings. The van der Waals surface area contributed by atoms with Crippen molar-refractivity contribution < 1.29 is 37.3 Å². The normalized spacial score (nSPS) is 22.0. The average molecular weight is 611 g/mol. The highest BCUT2D eigenvalue weighted by Crippen LogP contribution is 2.39. The third-order valence-corrected chi connectivity index (χ3v) is 12.7. The van der Waals surface area contributed by atoms with Crippen molar-refractivity contribution in [1.82, 2.24) is 0 Å². The number of halogens is 1. The summed E-state index contributed by atoms with van der Waals surface area (Å²) in [6.07, 6.45) is -0.618. The second-order valence-corrected chi connectivity index (χ2v) is 19.1. The number of rotatable bonds is 13. The minimum atomic E-state index is -2.05. The van der Waals surface area contributed by atoms with Crippen LogP contribution in [0.3, 0.4) is 0 Å². The highest BCUT2D eigenvalue weighted by Gasteiger charge is 2.47. The quantitative estimate of drug-likeness (QED) is 0.166. The van der Waals surface area contributed by atoms with Crippen molar-refractivity contribution in [3.05, 3.63) is 41.7 Å². The number of carbonyl (C=O) groups excluding carboxylic acids is 1. The van der Waals surface area contributed by atoms with E-state index in [0.29, 0.717) is 6.42 Å². The zero-order chi connectivity index (χ0) is 32.1. The van der Waals surface area contributed by atoms with Crippen LogP contribution >= 0.6 is 0 Å². The second-order valence-electron chi connectivity index (χ2n) is 14.4. The fourth-order valence-electron chi connectivity index (χ4n) is 4.30. The molecule has 0 saturated carbocycles. The lowest BCUT2D eigenvalue weighted by Crippen LogP contribution is -2.44. The molecule has 0 bridgehead atoms. The van der Waals surface area contributed by atoms with Crippen molar-refractivity contribution >= 4 is 14.3 Å². The summed E-state index contributed by atoms with van der Waals surface area (Å²) < 4.78 is 52.3. The van der Waals surface area contributed by atoms with Gasteiger partial charge in [0.2, 0.25) is 0 Å². The summed E-state index contributed by atoms with van der Waals surface area (Å²) in [6, 6.07) is 7.45. The van der Waals surface area contributed by atoms with Crippen molar-refractivity contribution in [2.45, 2.75) is 131 Å². The lowest BCUT2D eigenvalue weighted by Gasteiger charge is -2.39. The summed E-state index contributed by atoms with van der Waals surface area (Å²) in [5.74, 6) is -1.20. The Labute approximate surface area is 254 Å². The number of benzene rings is 1. The Bertz CT molecular complexity index is 1040. The van der Waals surface area contributed by atoms with E-state index in [2.05, 4.69) is 33.9 Å². The van der Waals surface area contributed by atoms with Gasteiger partial charge in [0.15, 0.2) is 14.1 Å². The van der Waals surface area contributed by atoms with Crippen LogP contribution in [-0.4, -0.2) is 58.2 Å². The Morgan fingerprint density at radius 3 is 2.19 bits per heavy atom. The highest BCUT2D eigenvalue weighted by molar-refractivity contribution is 6.74. The molecule has 0 aromatic heterocycles. The van der Waals surface area contributed by atoms with Gasteiger partial charge in [-0.05, 0) is 83.4 Å². The van der Waals surface area contributed by atoms with E-state index in [4.69, 9.17) is 28.1 Å². The van der Waals surface area contributed by atoms with Crippen molar-refractivity contribution in [3.63, 3.8) is 0 Å². The number of esters is 1. The fourth-order valence-corrected chi connectivity index (χ4v) is 5.79. The van der Waals surface area contributed by atoms with E-state index in [1.165, 1.54) is 0 Å². The van der Waals surface area contributed by atoms with Crippen LogP contribution in [0.5, 0.6) is 5.75 Å². The maximum absolute atomic E-state index is 16.3. The van der Waals surface area contributed by atoms with Gasteiger partial charge in [-0.3, -0.25) is 4.79 Å². The number of carbonyl (C=O) groups is 1. The topological polar surface area (TPSA) is 72.5 Å². The van der Waals surface area contributed by atoms with Gasteiger partial charge in [0, 0.05) is 18.4 Å². The Morgan fingerprint density at radius 1 is 1.07 bits per heavy atom. The van der Waals surface area contributed by atoms with E-state index in [-0.39, 0.29) is 36.2 Å². The van der Waals surface area contributed by atoms with Crippen LogP contribution in [0.15, 0.2) is 36.2 Å². The summed E-state index contributed by atoms with van der Waals surface area (Å²) in [5, 5.41) is 0.0392. The molecule has 1 fully saturated rings. The van der Waals surface area contributed by atoms with Gasteiger partial charge in [0.05, 0.1) is 31.8 Å². The Hall–Kier alpha value is -1.78. The molecule has 0 radical (unpaired) electrons. The minimum Gasteiger partial charge on any atom is -0.497 e. The Kier molecular flexibility index (Phi) is 12.4. The van der Waals surface area contributed by atoms with Crippen LogP contribution < -0.4 is 4.74 Å². The largest absolute Gasteiger partial charge is 0.497 e. The van der Waals surface area contributed by atoms with Gasteiger partial charge in [0.25, 0.3) is 0 Å². The van der Waals surface area contributed by atoms with Crippen LogP contribution in [0.4, 0.5) is 4.39 Å². The molecule has 7 nitrogen and oxygen atoms in total. The monoisotopic (exact) mass is 610 g/mol. The minimum absolute atomic E-state index is 0.0392. The van der Waals surface area contributed by atoms with Gasteiger partial charge in [-0.2, -0.15) is 0 Å². The van der Waals surface area contributed by atoms with Crippen molar-refractivity contribution in [3.8, 4) is 5.75 Å². The van der Waals surface area contributed by atoms with Gasteiger partial charge in [-0.25, -0.2) is 4.39 Å². The van der Waals surface area contributed by atoms with Crippen LogP contribution in [0.25, 0.3) is 0 Å². The summed E-state index contributed by atoms with van der Waals surface area (Å²) in [4.78, 5) is 12.3. The first kappa shape index (κ1) is 36.4. The molecular weight excluding hydrogens is 555 g/mol. The lowest BCUT2D eigenvalue weighted by molar-refractivity contribution is -0.160. The molecule has 0 amide bonds. The average Bonchev–Trinajstić information content (AvgIpc) is 3.16.